The molecule has 0 bridgehead atoms. The number of rotatable bonds is 4. The molecule has 6 rings (SSSR count). The van der Waals surface area contributed by atoms with E-state index >= 15 is 0 Å². The second kappa shape index (κ2) is 8.93. The molecule has 0 saturated heterocycles. The number of allylic oxidation sites excluding steroid dienone is 8. The van der Waals surface area contributed by atoms with Crippen LogP contribution in [0, 0.1) is 35.5 Å². The highest BCUT2D eigenvalue weighted by Gasteiger charge is 2.57. The zero-order valence-corrected chi connectivity index (χ0v) is 22.8. The molecule has 4 aliphatic carbocycles. The summed E-state index contributed by atoms with van der Waals surface area (Å²) in [4.78, 5) is 0. The van der Waals surface area contributed by atoms with E-state index in [0.29, 0.717) is 23.7 Å². The van der Waals surface area contributed by atoms with Gasteiger partial charge >= 0.3 is 0 Å². The lowest BCUT2D eigenvalue weighted by Gasteiger charge is -2.46. The molecule has 0 amide bonds. The zero-order valence-electron chi connectivity index (χ0n) is 21.8. The highest BCUT2D eigenvalue weighted by atomic mass is 28.3. The van der Waals surface area contributed by atoms with E-state index in [1.165, 1.54) is 24.0 Å². The average Bonchev–Trinajstić information content (AvgIpc) is 3.41. The van der Waals surface area contributed by atoms with Crippen LogP contribution >= 0.6 is 0 Å². The molecule has 0 heterocycles. The monoisotopic (exact) mass is 476 g/mol. The highest BCUT2D eigenvalue weighted by molar-refractivity contribution is 6.80. The Morgan fingerprint density at radius 2 is 1.00 bits per heavy atom. The van der Waals surface area contributed by atoms with Crippen LogP contribution in [0.4, 0.5) is 0 Å². The van der Waals surface area contributed by atoms with Gasteiger partial charge in [0.2, 0.25) is 0 Å². The molecular weight excluding hydrogens is 436 g/mol. The maximum atomic E-state index is 2.77. The van der Waals surface area contributed by atoms with Crippen molar-refractivity contribution in [2.24, 2.45) is 35.5 Å². The lowest BCUT2D eigenvalue weighted by atomic mass is 9.81. The minimum Gasteiger partial charge on any atom is -0.0808 e. The summed E-state index contributed by atoms with van der Waals surface area (Å²) in [6.07, 6.45) is 17.5. The normalized spacial score (nSPS) is 35.9. The van der Waals surface area contributed by atoms with E-state index in [1.54, 1.807) is 11.1 Å². The van der Waals surface area contributed by atoms with Crippen molar-refractivity contribution in [1.29, 1.82) is 0 Å². The van der Waals surface area contributed by atoms with Crippen LogP contribution in [0.5, 0.6) is 0 Å². The smallest absolute Gasteiger partial charge is 0.0553 e. The van der Waals surface area contributed by atoms with Crippen LogP contribution in [0.25, 0.3) is 11.1 Å². The molecule has 8 atom stereocenters. The first-order valence-electron chi connectivity index (χ1n) is 13.8. The van der Waals surface area contributed by atoms with Crippen molar-refractivity contribution >= 4 is 19.2 Å². The van der Waals surface area contributed by atoms with Crippen molar-refractivity contribution < 1.29 is 0 Å². The van der Waals surface area contributed by atoms with Crippen molar-refractivity contribution in [3.05, 3.63) is 108 Å². The van der Waals surface area contributed by atoms with Crippen molar-refractivity contribution in [2.75, 3.05) is 0 Å². The minimum atomic E-state index is -1.60. The van der Waals surface area contributed by atoms with Gasteiger partial charge in [0.15, 0.2) is 0 Å². The maximum Gasteiger partial charge on any atom is 0.0553 e. The van der Waals surface area contributed by atoms with Crippen molar-refractivity contribution in [1.82, 2.24) is 0 Å². The highest BCUT2D eigenvalue weighted by Crippen LogP contribution is 2.64. The fraction of sp³-hybridized carbons (Fsp3) is 0.412. The van der Waals surface area contributed by atoms with Gasteiger partial charge in [-0.1, -0.05) is 124 Å². The van der Waals surface area contributed by atoms with Gasteiger partial charge in [0.1, 0.15) is 0 Å². The minimum absolute atomic E-state index is 0.684. The molecule has 0 aromatic heterocycles. The molecule has 2 saturated carbocycles. The van der Waals surface area contributed by atoms with Gasteiger partial charge in [0.25, 0.3) is 0 Å². The van der Waals surface area contributed by atoms with Crippen LogP contribution in [0.2, 0.25) is 24.2 Å². The van der Waals surface area contributed by atoms with Gasteiger partial charge in [-0.2, -0.15) is 0 Å². The van der Waals surface area contributed by atoms with Gasteiger partial charge in [-0.15, -0.1) is 0 Å². The van der Waals surface area contributed by atoms with E-state index in [0.717, 1.165) is 22.9 Å². The topological polar surface area (TPSA) is 0 Å². The summed E-state index contributed by atoms with van der Waals surface area (Å²) >= 11 is 0. The molecular formula is C34H40Si. The second-order valence-electron chi connectivity index (χ2n) is 12.4. The van der Waals surface area contributed by atoms with Crippen molar-refractivity contribution in [2.45, 2.75) is 50.9 Å². The molecule has 0 spiro atoms. The largest absolute Gasteiger partial charge is 0.0808 e. The average molecular weight is 477 g/mol. The van der Waals surface area contributed by atoms with E-state index < -0.39 is 8.07 Å². The molecule has 35 heavy (non-hydrogen) atoms. The molecule has 180 valence electrons. The van der Waals surface area contributed by atoms with E-state index in [9.17, 15) is 0 Å². The van der Waals surface area contributed by atoms with E-state index in [2.05, 4.69) is 124 Å². The SMILES string of the molecule is CC1CC2C(c3ccccc3)=CC=CC2C1[Si](C)(C)C1C(C)CC2C(c3ccccc3)=CC=CC21. The molecule has 4 aliphatic rings. The predicted molar refractivity (Wildman–Crippen MR) is 154 cm³/mol. The Labute approximate surface area is 213 Å². The molecule has 0 nitrogen and oxygen atoms in total. The van der Waals surface area contributed by atoms with Crippen molar-refractivity contribution in [3.63, 3.8) is 0 Å². The molecule has 0 aliphatic heterocycles. The van der Waals surface area contributed by atoms with Crippen LogP contribution in [0.15, 0.2) is 97.1 Å². The third-order valence-corrected chi connectivity index (χ3v) is 15.5. The first-order chi connectivity index (χ1) is 17.0. The molecule has 2 fully saturated rings. The summed E-state index contributed by atoms with van der Waals surface area (Å²) in [5.41, 5.74) is 7.73. The fourth-order valence-corrected chi connectivity index (χ4v) is 15.5. The van der Waals surface area contributed by atoms with Gasteiger partial charge < -0.3 is 0 Å². The molecule has 2 aromatic carbocycles. The first kappa shape index (κ1) is 23.0. The summed E-state index contributed by atoms with van der Waals surface area (Å²) in [5.74, 6) is 4.37. The van der Waals surface area contributed by atoms with Gasteiger partial charge in [-0.25, -0.2) is 0 Å². The van der Waals surface area contributed by atoms with Crippen LogP contribution in [-0.2, 0) is 0 Å². The fourth-order valence-electron chi connectivity index (χ4n) is 9.23. The number of hydrogen-bond donors (Lipinski definition) is 0. The maximum absolute atomic E-state index is 2.77. The Morgan fingerprint density at radius 1 is 0.600 bits per heavy atom. The van der Waals surface area contributed by atoms with Crippen LogP contribution < -0.4 is 0 Å². The Balaban J connectivity index is 1.31. The van der Waals surface area contributed by atoms with Crippen LogP contribution in [0.3, 0.4) is 0 Å². The number of benzene rings is 2. The molecule has 2 aromatic rings. The van der Waals surface area contributed by atoms with Crippen molar-refractivity contribution in [3.8, 4) is 0 Å². The van der Waals surface area contributed by atoms with Gasteiger partial charge in [0, 0.05) is 0 Å². The van der Waals surface area contributed by atoms with Gasteiger partial charge in [-0.05, 0) is 81.7 Å². The molecule has 8 unspecified atom stereocenters. The standard InChI is InChI=1S/C34H40Si/c1-23-21-31-27(25-13-7-5-8-14-25)17-11-19-29(31)33(23)35(3,4)34-24(2)22-32-28(18-12-20-30(32)34)26-15-9-6-10-16-26/h5-20,23-24,29-34H,21-22H2,1-4H3. The molecule has 0 N–H and O–H groups in total. The summed E-state index contributed by atoms with van der Waals surface area (Å²) in [6.45, 7) is 10.7. The summed E-state index contributed by atoms with van der Waals surface area (Å²) in [6, 6.07) is 22.3. The first-order valence-corrected chi connectivity index (χ1v) is 17.0. The zero-order chi connectivity index (χ0) is 24.2. The molecule has 0 radical (unpaired) electrons. The van der Waals surface area contributed by atoms with Gasteiger partial charge in [-0.3, -0.25) is 0 Å². The quantitative estimate of drug-likeness (QED) is 0.386. The third-order valence-electron chi connectivity index (χ3n) is 10.2. The lowest BCUT2D eigenvalue weighted by Crippen LogP contribution is -2.45. The summed E-state index contributed by atoms with van der Waals surface area (Å²) in [7, 11) is -1.60. The van der Waals surface area contributed by atoms with E-state index in [1.807, 2.05) is 0 Å². The van der Waals surface area contributed by atoms with Crippen LogP contribution in [-0.4, -0.2) is 8.07 Å². The number of hydrogen-bond acceptors (Lipinski definition) is 0. The Kier molecular flexibility index (Phi) is 5.88. The summed E-state index contributed by atoms with van der Waals surface area (Å²) < 4.78 is 0. The Bertz CT molecular complexity index is 1090. The van der Waals surface area contributed by atoms with Gasteiger partial charge in [0.05, 0.1) is 8.07 Å². The Morgan fingerprint density at radius 3 is 1.40 bits per heavy atom. The number of fused-ring (bicyclic) bond motifs is 2. The van der Waals surface area contributed by atoms with E-state index in [-0.39, 0.29) is 0 Å². The Hall–Kier alpha value is -2.38. The predicted octanol–water partition coefficient (Wildman–Crippen LogP) is 9.29. The third kappa shape index (κ3) is 3.78. The van der Waals surface area contributed by atoms with E-state index in [4.69, 9.17) is 0 Å². The van der Waals surface area contributed by atoms with Crippen LogP contribution in [0.1, 0.15) is 37.8 Å². The lowest BCUT2D eigenvalue weighted by molar-refractivity contribution is 0.495. The summed E-state index contributed by atoms with van der Waals surface area (Å²) in [5, 5.41) is 0. The second-order valence-corrected chi connectivity index (χ2v) is 17.4. The molecule has 1 heteroatoms.